The number of hydrogen-bond donors (Lipinski definition) is 1. The fraction of sp³-hybridized carbons (Fsp3) is 0.360. The fourth-order valence-corrected chi connectivity index (χ4v) is 4.95. The van der Waals surface area contributed by atoms with E-state index in [2.05, 4.69) is 84.7 Å². The predicted octanol–water partition coefficient (Wildman–Crippen LogP) is 6.07. The number of nitrogens with zero attached hydrogens (tertiary/aromatic N) is 1. The van der Waals surface area contributed by atoms with Gasteiger partial charge in [0.05, 0.1) is 0 Å². The smallest absolute Gasteiger partial charge is 0.0492 e. The molecule has 0 aliphatic heterocycles. The van der Waals surface area contributed by atoms with E-state index in [9.17, 15) is 0 Å². The minimum atomic E-state index is 0.108. The number of hydrogen-bond acceptors (Lipinski definition) is 1. The van der Waals surface area contributed by atoms with Gasteiger partial charge in [-0.1, -0.05) is 54.6 Å². The number of aromatic amines is 1. The van der Waals surface area contributed by atoms with Crippen LogP contribution in [-0.4, -0.2) is 24.0 Å². The summed E-state index contributed by atoms with van der Waals surface area (Å²) < 4.78 is 0. The Bertz CT molecular complexity index is 992. The van der Waals surface area contributed by atoms with Crippen LogP contribution in [0.3, 0.4) is 0 Å². The van der Waals surface area contributed by atoms with E-state index < -0.39 is 0 Å². The summed E-state index contributed by atoms with van der Waals surface area (Å²) >= 11 is 0. The molecule has 2 nitrogen and oxygen atoms in total. The number of H-pyrrole nitrogens is 1. The molecule has 1 aromatic heterocycles. The SMILES string of the molecule is CN(C)C1(c2ccccc2)CC=C(c2[nH]c3ccccc3c2C2CC2)CC1. The van der Waals surface area contributed by atoms with Crippen LogP contribution in [0.2, 0.25) is 0 Å². The molecule has 5 rings (SSSR count). The molecule has 1 N–H and O–H groups in total. The zero-order valence-electron chi connectivity index (χ0n) is 16.3. The molecule has 0 spiro atoms. The third-order valence-corrected chi connectivity index (χ3v) is 6.71. The van der Waals surface area contributed by atoms with Gasteiger partial charge in [-0.05, 0) is 74.9 Å². The minimum Gasteiger partial charge on any atom is -0.355 e. The van der Waals surface area contributed by atoms with Gasteiger partial charge in [0.25, 0.3) is 0 Å². The second-order valence-electron chi connectivity index (χ2n) is 8.46. The first-order valence-electron chi connectivity index (χ1n) is 10.2. The van der Waals surface area contributed by atoms with E-state index in [-0.39, 0.29) is 5.54 Å². The molecule has 1 saturated carbocycles. The zero-order valence-corrected chi connectivity index (χ0v) is 16.3. The highest BCUT2D eigenvalue weighted by atomic mass is 15.1. The van der Waals surface area contributed by atoms with E-state index in [1.54, 1.807) is 5.56 Å². The van der Waals surface area contributed by atoms with Crippen LogP contribution >= 0.6 is 0 Å². The van der Waals surface area contributed by atoms with Crippen LogP contribution in [-0.2, 0) is 5.54 Å². The molecule has 0 saturated heterocycles. The Morgan fingerprint density at radius 2 is 1.70 bits per heavy atom. The predicted molar refractivity (Wildman–Crippen MR) is 114 cm³/mol. The largest absolute Gasteiger partial charge is 0.355 e. The second-order valence-corrected chi connectivity index (χ2v) is 8.46. The van der Waals surface area contributed by atoms with Crippen molar-refractivity contribution in [3.05, 3.63) is 77.5 Å². The van der Waals surface area contributed by atoms with Gasteiger partial charge in [-0.15, -0.1) is 0 Å². The Morgan fingerprint density at radius 3 is 2.37 bits per heavy atom. The molecule has 3 aromatic rings. The lowest BCUT2D eigenvalue weighted by Gasteiger charge is -2.43. The highest BCUT2D eigenvalue weighted by Gasteiger charge is 2.37. The number of benzene rings is 2. The van der Waals surface area contributed by atoms with Crippen LogP contribution in [0.1, 0.15) is 54.8 Å². The van der Waals surface area contributed by atoms with Crippen molar-refractivity contribution in [1.29, 1.82) is 0 Å². The van der Waals surface area contributed by atoms with Gasteiger partial charge in [0.2, 0.25) is 0 Å². The summed E-state index contributed by atoms with van der Waals surface area (Å²) in [6.45, 7) is 0. The number of aromatic nitrogens is 1. The number of allylic oxidation sites excluding steroid dienone is 1. The van der Waals surface area contributed by atoms with Crippen molar-refractivity contribution in [1.82, 2.24) is 9.88 Å². The minimum absolute atomic E-state index is 0.108. The Balaban J connectivity index is 1.55. The molecule has 1 unspecified atom stereocenters. The van der Waals surface area contributed by atoms with E-state index >= 15 is 0 Å². The Hall–Kier alpha value is -2.32. The summed E-state index contributed by atoms with van der Waals surface area (Å²) in [5.74, 6) is 0.756. The normalized spacial score (nSPS) is 23.0. The maximum absolute atomic E-state index is 3.77. The monoisotopic (exact) mass is 356 g/mol. The Kier molecular flexibility index (Phi) is 3.98. The summed E-state index contributed by atoms with van der Waals surface area (Å²) in [6.07, 6.45) is 8.54. The van der Waals surface area contributed by atoms with Crippen LogP contribution < -0.4 is 0 Å². The van der Waals surface area contributed by atoms with Crippen molar-refractivity contribution in [3.8, 4) is 0 Å². The van der Waals surface area contributed by atoms with Gasteiger partial charge in [-0.3, -0.25) is 4.90 Å². The number of nitrogens with one attached hydrogen (secondary N) is 1. The molecule has 2 heteroatoms. The lowest BCUT2D eigenvalue weighted by molar-refractivity contribution is 0.138. The summed E-state index contributed by atoms with van der Waals surface area (Å²) in [7, 11) is 4.45. The van der Waals surface area contributed by atoms with Crippen LogP contribution in [0, 0.1) is 0 Å². The molecular formula is C25H28N2. The molecule has 2 aromatic carbocycles. The molecule has 1 fully saturated rings. The molecule has 1 heterocycles. The van der Waals surface area contributed by atoms with E-state index in [4.69, 9.17) is 0 Å². The summed E-state index contributed by atoms with van der Waals surface area (Å²) in [4.78, 5) is 6.19. The number of para-hydroxylation sites is 1. The zero-order chi connectivity index (χ0) is 18.4. The van der Waals surface area contributed by atoms with Gasteiger partial charge in [0.15, 0.2) is 0 Å². The molecule has 27 heavy (non-hydrogen) atoms. The lowest BCUT2D eigenvalue weighted by atomic mass is 9.75. The van der Waals surface area contributed by atoms with Crippen molar-refractivity contribution in [2.45, 2.75) is 43.6 Å². The van der Waals surface area contributed by atoms with E-state index in [0.29, 0.717) is 0 Å². The lowest BCUT2D eigenvalue weighted by Crippen LogP contribution is -2.42. The van der Waals surface area contributed by atoms with Gasteiger partial charge < -0.3 is 4.98 Å². The molecule has 0 bridgehead atoms. The first-order valence-corrected chi connectivity index (χ1v) is 10.2. The fourth-order valence-electron chi connectivity index (χ4n) is 4.95. The average molecular weight is 357 g/mol. The quantitative estimate of drug-likeness (QED) is 0.601. The molecule has 0 radical (unpaired) electrons. The summed E-state index contributed by atoms with van der Waals surface area (Å²) in [6, 6.07) is 19.9. The Labute approximate surface area is 161 Å². The van der Waals surface area contributed by atoms with Crippen molar-refractivity contribution in [2.24, 2.45) is 0 Å². The molecule has 2 aliphatic carbocycles. The third-order valence-electron chi connectivity index (χ3n) is 6.71. The van der Waals surface area contributed by atoms with Gasteiger partial charge in [0, 0.05) is 22.1 Å². The average Bonchev–Trinajstić information content (AvgIpc) is 3.48. The van der Waals surface area contributed by atoms with Crippen LogP contribution in [0.5, 0.6) is 0 Å². The van der Waals surface area contributed by atoms with Crippen molar-refractivity contribution < 1.29 is 0 Å². The van der Waals surface area contributed by atoms with Crippen molar-refractivity contribution in [3.63, 3.8) is 0 Å². The first kappa shape index (κ1) is 16.8. The molecular weight excluding hydrogens is 328 g/mol. The number of rotatable bonds is 4. The molecule has 138 valence electrons. The van der Waals surface area contributed by atoms with E-state index in [0.717, 1.165) is 25.2 Å². The Morgan fingerprint density at radius 1 is 0.963 bits per heavy atom. The molecule has 1 atom stereocenters. The van der Waals surface area contributed by atoms with Gasteiger partial charge in [0.1, 0.15) is 0 Å². The molecule has 0 amide bonds. The van der Waals surface area contributed by atoms with E-state index in [1.807, 2.05) is 0 Å². The van der Waals surface area contributed by atoms with E-state index in [1.165, 1.54) is 40.6 Å². The topological polar surface area (TPSA) is 19.0 Å². The van der Waals surface area contributed by atoms with Crippen molar-refractivity contribution in [2.75, 3.05) is 14.1 Å². The second kappa shape index (κ2) is 6.38. The van der Waals surface area contributed by atoms with Gasteiger partial charge in [-0.25, -0.2) is 0 Å². The maximum atomic E-state index is 3.77. The third kappa shape index (κ3) is 2.74. The highest BCUT2D eigenvalue weighted by molar-refractivity contribution is 5.90. The first-order chi connectivity index (χ1) is 13.2. The van der Waals surface area contributed by atoms with Crippen LogP contribution in [0.15, 0.2) is 60.7 Å². The van der Waals surface area contributed by atoms with Crippen molar-refractivity contribution >= 4 is 16.5 Å². The standard InChI is InChI=1S/C25H28N2/c1-27(2)25(20-8-4-3-5-9-20)16-14-19(15-17-25)24-23(18-12-13-18)21-10-6-7-11-22(21)26-24/h3-11,14,18,26H,12-13,15-17H2,1-2H3. The van der Waals surface area contributed by atoms with Crippen LogP contribution in [0.4, 0.5) is 0 Å². The summed E-state index contributed by atoms with van der Waals surface area (Å²) in [5, 5.41) is 1.43. The highest BCUT2D eigenvalue weighted by Crippen LogP contribution is 2.49. The number of fused-ring (bicyclic) bond motifs is 1. The van der Waals surface area contributed by atoms with Crippen LogP contribution in [0.25, 0.3) is 16.5 Å². The van der Waals surface area contributed by atoms with Gasteiger partial charge >= 0.3 is 0 Å². The maximum Gasteiger partial charge on any atom is 0.0492 e. The summed E-state index contributed by atoms with van der Waals surface area (Å²) in [5.41, 5.74) is 7.35. The van der Waals surface area contributed by atoms with Gasteiger partial charge in [-0.2, -0.15) is 0 Å². The molecule has 2 aliphatic rings.